The standard InChI is InChI=1S/C20H28ClN3O/c21-19-8-6-18(7-9-19)16-22-20(25)24-14-12-23(13-15-24)11-10-17-4-2-1-3-5-17/h4,6-9H,1-3,5,10-16H2,(H,22,25). The van der Waals surface area contributed by atoms with E-state index in [9.17, 15) is 4.79 Å². The maximum Gasteiger partial charge on any atom is 0.317 e. The van der Waals surface area contributed by atoms with Crippen LogP contribution in [-0.4, -0.2) is 48.6 Å². The van der Waals surface area contributed by atoms with Crippen molar-refractivity contribution in [1.29, 1.82) is 0 Å². The van der Waals surface area contributed by atoms with Crippen LogP contribution in [0.4, 0.5) is 4.79 Å². The Morgan fingerprint density at radius 3 is 2.52 bits per heavy atom. The van der Waals surface area contributed by atoms with Gasteiger partial charge in [0.05, 0.1) is 0 Å². The number of piperazine rings is 1. The summed E-state index contributed by atoms with van der Waals surface area (Å²) in [6, 6.07) is 7.62. The van der Waals surface area contributed by atoms with Crippen LogP contribution >= 0.6 is 11.6 Å². The summed E-state index contributed by atoms with van der Waals surface area (Å²) >= 11 is 5.88. The predicted molar refractivity (Wildman–Crippen MR) is 103 cm³/mol. The number of hydrogen-bond donors (Lipinski definition) is 1. The predicted octanol–water partition coefficient (Wildman–Crippen LogP) is 4.06. The molecule has 0 saturated carbocycles. The minimum Gasteiger partial charge on any atom is -0.334 e. The number of rotatable bonds is 5. The first-order valence-electron chi connectivity index (χ1n) is 9.38. The number of urea groups is 1. The van der Waals surface area contributed by atoms with Gasteiger partial charge in [0, 0.05) is 44.3 Å². The Hall–Kier alpha value is -1.52. The molecule has 0 spiro atoms. The second-order valence-electron chi connectivity index (χ2n) is 6.97. The van der Waals surface area contributed by atoms with Crippen LogP contribution in [0.1, 0.15) is 37.7 Å². The number of nitrogens with zero attached hydrogens (tertiary/aromatic N) is 2. The third kappa shape index (κ3) is 5.75. The summed E-state index contributed by atoms with van der Waals surface area (Å²) in [4.78, 5) is 16.7. The number of hydrogen-bond acceptors (Lipinski definition) is 2. The minimum absolute atomic E-state index is 0.0320. The van der Waals surface area contributed by atoms with Crippen LogP contribution in [0.5, 0.6) is 0 Å². The fourth-order valence-electron chi connectivity index (χ4n) is 3.50. The van der Waals surface area contributed by atoms with Crippen LogP contribution in [0.2, 0.25) is 5.02 Å². The first kappa shape index (κ1) is 18.3. The molecule has 136 valence electrons. The van der Waals surface area contributed by atoms with Gasteiger partial charge in [0.1, 0.15) is 0 Å². The SMILES string of the molecule is O=C(NCc1ccc(Cl)cc1)N1CCN(CCC2=CCCCC2)CC1. The van der Waals surface area contributed by atoms with E-state index in [1.807, 2.05) is 29.2 Å². The normalized spacial score (nSPS) is 18.8. The highest BCUT2D eigenvalue weighted by Crippen LogP contribution is 2.20. The van der Waals surface area contributed by atoms with E-state index in [2.05, 4.69) is 16.3 Å². The Kier molecular flexibility index (Phi) is 6.76. The molecule has 3 rings (SSSR count). The first-order valence-corrected chi connectivity index (χ1v) is 9.76. The highest BCUT2D eigenvalue weighted by atomic mass is 35.5. The molecular formula is C20H28ClN3O. The van der Waals surface area contributed by atoms with Gasteiger partial charge in [-0.1, -0.05) is 35.4 Å². The van der Waals surface area contributed by atoms with Crippen LogP contribution in [0, 0.1) is 0 Å². The summed E-state index contributed by atoms with van der Waals surface area (Å²) in [5.41, 5.74) is 2.70. The average molecular weight is 362 g/mol. The highest BCUT2D eigenvalue weighted by molar-refractivity contribution is 6.30. The zero-order valence-electron chi connectivity index (χ0n) is 14.8. The number of carbonyl (C=O) groups is 1. The van der Waals surface area contributed by atoms with Crippen molar-refractivity contribution in [2.24, 2.45) is 0 Å². The van der Waals surface area contributed by atoms with Gasteiger partial charge in [-0.3, -0.25) is 4.90 Å². The summed E-state index contributed by atoms with van der Waals surface area (Å²) in [6.07, 6.45) is 8.89. The van der Waals surface area contributed by atoms with Gasteiger partial charge in [-0.2, -0.15) is 0 Å². The number of nitrogens with one attached hydrogen (secondary N) is 1. The molecule has 2 amide bonds. The average Bonchev–Trinajstić information content (AvgIpc) is 2.67. The van der Waals surface area contributed by atoms with Crippen molar-refractivity contribution in [1.82, 2.24) is 15.1 Å². The van der Waals surface area contributed by atoms with Crippen molar-refractivity contribution in [3.05, 3.63) is 46.5 Å². The smallest absolute Gasteiger partial charge is 0.317 e. The van der Waals surface area contributed by atoms with Gasteiger partial charge in [0.15, 0.2) is 0 Å². The quantitative estimate of drug-likeness (QED) is 0.803. The molecule has 5 heteroatoms. The Bertz CT molecular complexity index is 591. The van der Waals surface area contributed by atoms with Crippen molar-refractivity contribution in [3.8, 4) is 0 Å². The van der Waals surface area contributed by atoms with Crippen LogP contribution < -0.4 is 5.32 Å². The molecule has 0 radical (unpaired) electrons. The Labute approximate surface area is 155 Å². The molecular weight excluding hydrogens is 334 g/mol. The first-order chi connectivity index (χ1) is 12.2. The van der Waals surface area contributed by atoms with Crippen molar-refractivity contribution < 1.29 is 4.79 Å². The molecule has 0 aromatic heterocycles. The van der Waals surface area contributed by atoms with E-state index in [0.29, 0.717) is 6.54 Å². The molecule has 1 saturated heterocycles. The molecule has 4 nitrogen and oxygen atoms in total. The summed E-state index contributed by atoms with van der Waals surface area (Å²) in [5, 5.41) is 3.72. The van der Waals surface area contributed by atoms with Crippen molar-refractivity contribution >= 4 is 17.6 Å². The number of benzene rings is 1. The molecule has 1 aromatic carbocycles. The van der Waals surface area contributed by atoms with Gasteiger partial charge >= 0.3 is 6.03 Å². The lowest BCUT2D eigenvalue weighted by Gasteiger charge is -2.35. The van der Waals surface area contributed by atoms with Crippen LogP contribution in [0.15, 0.2) is 35.9 Å². The fourth-order valence-corrected chi connectivity index (χ4v) is 3.63. The third-order valence-electron chi connectivity index (χ3n) is 5.15. The van der Waals surface area contributed by atoms with E-state index in [4.69, 9.17) is 11.6 Å². The summed E-state index contributed by atoms with van der Waals surface area (Å²) in [6.45, 7) is 5.25. The van der Waals surface area contributed by atoms with Gasteiger partial charge in [0.2, 0.25) is 0 Å². The number of halogens is 1. The summed E-state index contributed by atoms with van der Waals surface area (Å²) in [7, 11) is 0. The fraction of sp³-hybridized carbons (Fsp3) is 0.550. The number of amides is 2. The lowest BCUT2D eigenvalue weighted by molar-refractivity contribution is 0.139. The second-order valence-corrected chi connectivity index (χ2v) is 7.41. The zero-order valence-corrected chi connectivity index (χ0v) is 15.6. The lowest BCUT2D eigenvalue weighted by Crippen LogP contribution is -2.51. The molecule has 1 heterocycles. The Morgan fingerprint density at radius 1 is 1.08 bits per heavy atom. The maximum atomic E-state index is 12.3. The molecule has 0 bridgehead atoms. The van der Waals surface area contributed by atoms with Crippen molar-refractivity contribution in [2.75, 3.05) is 32.7 Å². The van der Waals surface area contributed by atoms with Gasteiger partial charge in [-0.15, -0.1) is 0 Å². The molecule has 1 aliphatic heterocycles. The Morgan fingerprint density at radius 2 is 1.84 bits per heavy atom. The van der Waals surface area contributed by atoms with Crippen molar-refractivity contribution in [3.63, 3.8) is 0 Å². The second kappa shape index (κ2) is 9.25. The van der Waals surface area contributed by atoms with Crippen LogP contribution in [0.3, 0.4) is 0 Å². The maximum absolute atomic E-state index is 12.3. The van der Waals surface area contributed by atoms with E-state index in [-0.39, 0.29) is 6.03 Å². The van der Waals surface area contributed by atoms with Gasteiger partial charge < -0.3 is 10.2 Å². The molecule has 1 fully saturated rings. The third-order valence-corrected chi connectivity index (χ3v) is 5.40. The van der Waals surface area contributed by atoms with E-state index >= 15 is 0 Å². The van der Waals surface area contributed by atoms with Crippen LogP contribution in [0.25, 0.3) is 0 Å². The monoisotopic (exact) mass is 361 g/mol. The molecule has 1 N–H and O–H groups in total. The highest BCUT2D eigenvalue weighted by Gasteiger charge is 2.20. The summed E-state index contributed by atoms with van der Waals surface area (Å²) in [5.74, 6) is 0. The molecule has 0 atom stereocenters. The Balaban J connectivity index is 1.35. The largest absolute Gasteiger partial charge is 0.334 e. The minimum atomic E-state index is 0.0320. The number of carbonyl (C=O) groups excluding carboxylic acids is 1. The lowest BCUT2D eigenvalue weighted by atomic mass is 9.97. The van der Waals surface area contributed by atoms with E-state index in [1.54, 1.807) is 5.57 Å². The zero-order chi connectivity index (χ0) is 17.5. The molecule has 0 unspecified atom stereocenters. The summed E-state index contributed by atoms with van der Waals surface area (Å²) < 4.78 is 0. The van der Waals surface area contributed by atoms with Gasteiger partial charge in [0.25, 0.3) is 0 Å². The van der Waals surface area contributed by atoms with E-state index < -0.39 is 0 Å². The van der Waals surface area contributed by atoms with Crippen molar-refractivity contribution in [2.45, 2.75) is 38.6 Å². The van der Waals surface area contributed by atoms with Gasteiger partial charge in [-0.05, 0) is 49.8 Å². The van der Waals surface area contributed by atoms with E-state index in [1.165, 1.54) is 32.1 Å². The molecule has 2 aliphatic rings. The van der Waals surface area contributed by atoms with E-state index in [0.717, 1.165) is 43.3 Å². The van der Waals surface area contributed by atoms with Gasteiger partial charge in [-0.25, -0.2) is 4.79 Å². The molecule has 1 aromatic rings. The molecule has 1 aliphatic carbocycles. The molecule has 25 heavy (non-hydrogen) atoms. The van der Waals surface area contributed by atoms with Crippen LogP contribution in [-0.2, 0) is 6.54 Å². The number of allylic oxidation sites excluding steroid dienone is 1. The topological polar surface area (TPSA) is 35.6 Å².